The molecule has 0 saturated carbocycles. The molecule has 1 saturated heterocycles. The zero-order valence-corrected chi connectivity index (χ0v) is 22.3. The van der Waals surface area contributed by atoms with Crippen molar-refractivity contribution in [3.8, 4) is 11.3 Å². The summed E-state index contributed by atoms with van der Waals surface area (Å²) < 4.78 is 0. The first-order valence-electron chi connectivity index (χ1n) is 12.9. The fraction of sp³-hybridized carbons (Fsp3) is 0.233. The zero-order valence-electron chi connectivity index (χ0n) is 21.5. The number of nitrogens with zero attached hydrogens (tertiary/aromatic N) is 6. The van der Waals surface area contributed by atoms with Crippen molar-refractivity contribution in [3.05, 3.63) is 85.2 Å². The van der Waals surface area contributed by atoms with Gasteiger partial charge in [-0.3, -0.25) is 9.97 Å². The molecular weight excluding hydrogens is 490 g/mol. The standard InChI is InChI=1S/C30H29N7S/c1-20(2)28-19-36(16-17-37(28)30(38)33-27-9-3-8-26-23(27)7-5-15-32-26)29-13-12-25(34-35-29)22-10-11-24-21(18-22)6-4-14-31-24/h3-15,18,20,28H,16-17,19H2,1-2H3,(H,33,38). The second-order valence-electron chi connectivity index (χ2n) is 9.94. The number of piperazine rings is 1. The molecule has 0 radical (unpaired) electrons. The third-order valence-corrected chi connectivity index (χ3v) is 7.55. The summed E-state index contributed by atoms with van der Waals surface area (Å²) in [6, 6.07) is 24.7. The number of fused-ring (bicyclic) bond motifs is 2. The van der Waals surface area contributed by atoms with E-state index in [0.717, 1.165) is 69.3 Å². The van der Waals surface area contributed by atoms with Crippen LogP contribution in [0.1, 0.15) is 13.8 Å². The number of nitrogens with one attached hydrogen (secondary N) is 1. The Bertz CT molecular complexity index is 1600. The fourth-order valence-corrected chi connectivity index (χ4v) is 5.46. The summed E-state index contributed by atoms with van der Waals surface area (Å²) in [5.41, 5.74) is 4.80. The van der Waals surface area contributed by atoms with Crippen LogP contribution < -0.4 is 10.2 Å². The number of anilines is 2. The SMILES string of the molecule is CC(C)C1CN(c2ccc(-c3ccc4ncccc4c3)nn2)CCN1C(=S)Nc1cccc2ncccc12. The van der Waals surface area contributed by atoms with E-state index in [9.17, 15) is 0 Å². The van der Waals surface area contributed by atoms with Crippen LogP contribution in [0.15, 0.2) is 85.2 Å². The summed E-state index contributed by atoms with van der Waals surface area (Å²) in [5, 5.41) is 15.6. The number of thiocarbonyl (C=S) groups is 1. The first-order chi connectivity index (χ1) is 18.6. The molecule has 1 unspecified atom stereocenters. The fourth-order valence-electron chi connectivity index (χ4n) is 5.12. The van der Waals surface area contributed by atoms with E-state index in [4.69, 9.17) is 12.2 Å². The molecule has 2 aromatic carbocycles. The van der Waals surface area contributed by atoms with Crippen LogP contribution in [0.25, 0.3) is 33.1 Å². The molecule has 3 aromatic heterocycles. The number of hydrogen-bond acceptors (Lipinski definition) is 6. The summed E-state index contributed by atoms with van der Waals surface area (Å²) >= 11 is 5.92. The van der Waals surface area contributed by atoms with Gasteiger partial charge in [0.2, 0.25) is 0 Å². The van der Waals surface area contributed by atoms with Crippen molar-refractivity contribution in [2.45, 2.75) is 19.9 Å². The maximum Gasteiger partial charge on any atom is 0.173 e. The number of hydrogen-bond donors (Lipinski definition) is 1. The second kappa shape index (κ2) is 10.3. The van der Waals surface area contributed by atoms with Gasteiger partial charge in [-0.15, -0.1) is 10.2 Å². The average molecular weight is 520 g/mol. The molecule has 6 rings (SSSR count). The normalized spacial score (nSPS) is 15.8. The van der Waals surface area contributed by atoms with E-state index in [1.165, 1.54) is 0 Å². The van der Waals surface area contributed by atoms with E-state index in [-0.39, 0.29) is 6.04 Å². The number of pyridine rings is 2. The molecule has 8 heteroatoms. The van der Waals surface area contributed by atoms with Gasteiger partial charge < -0.3 is 15.1 Å². The highest BCUT2D eigenvalue weighted by atomic mass is 32.1. The monoisotopic (exact) mass is 519 g/mol. The average Bonchev–Trinajstić information content (AvgIpc) is 2.97. The minimum atomic E-state index is 0.242. The van der Waals surface area contributed by atoms with E-state index in [1.807, 2.05) is 48.8 Å². The quantitative estimate of drug-likeness (QED) is 0.300. The van der Waals surface area contributed by atoms with Crippen molar-refractivity contribution in [1.29, 1.82) is 0 Å². The maximum atomic E-state index is 5.92. The summed E-state index contributed by atoms with van der Waals surface area (Å²) in [4.78, 5) is 13.5. The Morgan fingerprint density at radius 2 is 1.74 bits per heavy atom. The second-order valence-corrected chi connectivity index (χ2v) is 10.3. The van der Waals surface area contributed by atoms with Gasteiger partial charge in [0.15, 0.2) is 10.9 Å². The minimum absolute atomic E-state index is 0.242. The van der Waals surface area contributed by atoms with E-state index in [1.54, 1.807) is 0 Å². The van der Waals surface area contributed by atoms with Crippen molar-refractivity contribution >= 4 is 50.6 Å². The molecule has 1 aliphatic rings. The van der Waals surface area contributed by atoms with Crippen LogP contribution in [0.2, 0.25) is 0 Å². The van der Waals surface area contributed by atoms with Crippen LogP contribution in [0.3, 0.4) is 0 Å². The number of aromatic nitrogens is 4. The molecule has 1 aliphatic heterocycles. The zero-order chi connectivity index (χ0) is 26.1. The lowest BCUT2D eigenvalue weighted by molar-refractivity contribution is 0.227. The van der Waals surface area contributed by atoms with E-state index >= 15 is 0 Å². The van der Waals surface area contributed by atoms with Gasteiger partial charge in [-0.05, 0) is 72.7 Å². The van der Waals surface area contributed by atoms with Crippen LogP contribution in [-0.2, 0) is 0 Å². The summed E-state index contributed by atoms with van der Waals surface area (Å²) in [5.74, 6) is 1.30. The molecule has 190 valence electrons. The first-order valence-corrected chi connectivity index (χ1v) is 13.3. The molecule has 7 nitrogen and oxygen atoms in total. The molecule has 1 fully saturated rings. The third kappa shape index (κ3) is 4.75. The molecule has 0 aliphatic carbocycles. The summed E-state index contributed by atoms with van der Waals surface area (Å²) in [6.07, 6.45) is 3.62. The van der Waals surface area contributed by atoms with Crippen molar-refractivity contribution in [3.63, 3.8) is 0 Å². The van der Waals surface area contributed by atoms with E-state index < -0.39 is 0 Å². The Morgan fingerprint density at radius 1 is 0.895 bits per heavy atom. The molecule has 38 heavy (non-hydrogen) atoms. The highest BCUT2D eigenvalue weighted by Crippen LogP contribution is 2.27. The Balaban J connectivity index is 1.18. The topological polar surface area (TPSA) is 70.1 Å². The maximum absolute atomic E-state index is 5.92. The van der Waals surface area contributed by atoms with Gasteiger partial charge in [-0.1, -0.05) is 32.0 Å². The Kier molecular flexibility index (Phi) is 6.55. The molecule has 0 spiro atoms. The molecular formula is C30H29N7S. The Hall–Kier alpha value is -4.17. The largest absolute Gasteiger partial charge is 0.351 e. The van der Waals surface area contributed by atoms with Crippen molar-refractivity contribution in [2.75, 3.05) is 29.9 Å². The lowest BCUT2D eigenvalue weighted by atomic mass is 10.00. The summed E-state index contributed by atoms with van der Waals surface area (Å²) in [7, 11) is 0. The van der Waals surface area contributed by atoms with Crippen molar-refractivity contribution in [1.82, 2.24) is 25.1 Å². The first kappa shape index (κ1) is 24.2. The van der Waals surface area contributed by atoms with Gasteiger partial charge >= 0.3 is 0 Å². The lowest BCUT2D eigenvalue weighted by Gasteiger charge is -2.45. The highest BCUT2D eigenvalue weighted by molar-refractivity contribution is 7.80. The Morgan fingerprint density at radius 3 is 2.55 bits per heavy atom. The van der Waals surface area contributed by atoms with Gasteiger partial charge in [-0.2, -0.15) is 0 Å². The molecule has 0 bridgehead atoms. The lowest BCUT2D eigenvalue weighted by Crippen LogP contribution is -2.58. The molecule has 1 atom stereocenters. The molecule has 5 aromatic rings. The van der Waals surface area contributed by atoms with Crippen LogP contribution in [0.5, 0.6) is 0 Å². The predicted octanol–water partition coefficient (Wildman–Crippen LogP) is 5.78. The third-order valence-electron chi connectivity index (χ3n) is 7.21. The predicted molar refractivity (Wildman–Crippen MR) is 158 cm³/mol. The van der Waals surface area contributed by atoms with E-state index in [0.29, 0.717) is 5.92 Å². The van der Waals surface area contributed by atoms with Gasteiger partial charge in [0.1, 0.15) is 0 Å². The smallest absolute Gasteiger partial charge is 0.173 e. The molecule has 4 heterocycles. The highest BCUT2D eigenvalue weighted by Gasteiger charge is 2.31. The van der Waals surface area contributed by atoms with Gasteiger partial charge in [0.05, 0.1) is 22.8 Å². The van der Waals surface area contributed by atoms with Crippen LogP contribution >= 0.6 is 12.2 Å². The Labute approximate surface area is 227 Å². The van der Waals surface area contributed by atoms with Gasteiger partial charge in [0, 0.05) is 54.1 Å². The number of rotatable bonds is 4. The van der Waals surface area contributed by atoms with Gasteiger partial charge in [0.25, 0.3) is 0 Å². The van der Waals surface area contributed by atoms with Crippen LogP contribution in [0.4, 0.5) is 11.5 Å². The number of benzene rings is 2. The van der Waals surface area contributed by atoms with Crippen molar-refractivity contribution < 1.29 is 0 Å². The molecule has 1 N–H and O–H groups in total. The van der Waals surface area contributed by atoms with Crippen molar-refractivity contribution in [2.24, 2.45) is 5.92 Å². The van der Waals surface area contributed by atoms with Gasteiger partial charge in [-0.25, -0.2) is 0 Å². The van der Waals surface area contributed by atoms with E-state index in [2.05, 4.69) is 85.5 Å². The van der Waals surface area contributed by atoms with Crippen LogP contribution in [0, 0.1) is 5.92 Å². The summed E-state index contributed by atoms with van der Waals surface area (Å²) in [6.45, 7) is 6.94. The minimum Gasteiger partial charge on any atom is -0.351 e. The van der Waals surface area contributed by atoms with Crippen LogP contribution in [-0.4, -0.2) is 55.9 Å². The molecule has 0 amide bonds.